The van der Waals surface area contributed by atoms with Crippen molar-refractivity contribution in [3.63, 3.8) is 0 Å². The number of nitrogens with one attached hydrogen (secondary N) is 1. The number of benzene rings is 1. The summed E-state index contributed by atoms with van der Waals surface area (Å²) in [6.07, 6.45) is 3.22. The molecule has 120 valence electrons. The zero-order valence-electron chi connectivity index (χ0n) is 12.9. The van der Waals surface area contributed by atoms with Gasteiger partial charge in [-0.25, -0.2) is 4.79 Å². The Morgan fingerprint density at radius 3 is 2.91 bits per heavy atom. The third-order valence-corrected chi connectivity index (χ3v) is 3.80. The highest BCUT2D eigenvalue weighted by Gasteiger charge is 2.27. The molecule has 1 N–H and O–H groups in total. The van der Waals surface area contributed by atoms with E-state index >= 15 is 0 Å². The molecular weight excluding hydrogens is 292 g/mol. The summed E-state index contributed by atoms with van der Waals surface area (Å²) in [6.45, 7) is 1.91. The molecule has 23 heavy (non-hydrogen) atoms. The first-order chi connectivity index (χ1) is 11.3. The van der Waals surface area contributed by atoms with Gasteiger partial charge in [-0.05, 0) is 18.1 Å². The van der Waals surface area contributed by atoms with Crippen molar-refractivity contribution in [3.8, 4) is 5.88 Å². The number of hydrogen-bond acceptors (Lipinski definition) is 4. The molecule has 2 aromatic rings. The Morgan fingerprint density at radius 1 is 1.26 bits per heavy atom. The summed E-state index contributed by atoms with van der Waals surface area (Å²) in [4.78, 5) is 13.9. The van der Waals surface area contributed by atoms with Crippen LogP contribution in [-0.2, 0) is 6.42 Å². The van der Waals surface area contributed by atoms with Crippen molar-refractivity contribution < 1.29 is 9.53 Å². The standard InChI is InChI=1S/C17H20N4O2/c22-17(18-11-8-14-5-2-1-3-6-14)21-12-9-15(13-21)23-16-7-4-10-19-20-16/h1-7,10,15H,8-9,11-13H2,(H,18,22). The van der Waals surface area contributed by atoms with Gasteiger partial charge in [0, 0.05) is 31.8 Å². The van der Waals surface area contributed by atoms with E-state index < -0.39 is 0 Å². The van der Waals surface area contributed by atoms with Gasteiger partial charge in [0.25, 0.3) is 0 Å². The summed E-state index contributed by atoms with van der Waals surface area (Å²) in [5, 5.41) is 10.6. The minimum atomic E-state index is -0.0359. The van der Waals surface area contributed by atoms with Crippen LogP contribution in [0.3, 0.4) is 0 Å². The van der Waals surface area contributed by atoms with Crippen molar-refractivity contribution in [1.82, 2.24) is 20.4 Å². The topological polar surface area (TPSA) is 67.4 Å². The molecule has 1 aromatic carbocycles. The summed E-state index contributed by atoms with van der Waals surface area (Å²) in [5.74, 6) is 0.504. The molecular formula is C17H20N4O2. The fourth-order valence-electron chi connectivity index (χ4n) is 2.60. The molecule has 3 rings (SSSR count). The van der Waals surface area contributed by atoms with Crippen LogP contribution in [0.2, 0.25) is 0 Å². The van der Waals surface area contributed by atoms with Gasteiger partial charge < -0.3 is 15.0 Å². The fourth-order valence-corrected chi connectivity index (χ4v) is 2.60. The fraction of sp³-hybridized carbons (Fsp3) is 0.353. The number of amides is 2. The maximum atomic E-state index is 12.2. The Morgan fingerprint density at radius 2 is 2.13 bits per heavy atom. The number of rotatable bonds is 5. The van der Waals surface area contributed by atoms with Crippen molar-refractivity contribution >= 4 is 6.03 Å². The molecule has 6 heteroatoms. The summed E-state index contributed by atoms with van der Waals surface area (Å²) in [5.41, 5.74) is 1.22. The van der Waals surface area contributed by atoms with Crippen LogP contribution in [0.15, 0.2) is 48.7 Å². The number of likely N-dealkylation sites (tertiary alicyclic amines) is 1. The van der Waals surface area contributed by atoms with Crippen LogP contribution in [-0.4, -0.2) is 46.9 Å². The van der Waals surface area contributed by atoms with Gasteiger partial charge >= 0.3 is 6.03 Å². The maximum absolute atomic E-state index is 12.2. The van der Waals surface area contributed by atoms with E-state index in [4.69, 9.17) is 4.74 Å². The first kappa shape index (κ1) is 15.3. The van der Waals surface area contributed by atoms with Crippen molar-refractivity contribution in [2.75, 3.05) is 19.6 Å². The van der Waals surface area contributed by atoms with Gasteiger partial charge in [0.1, 0.15) is 6.10 Å². The van der Waals surface area contributed by atoms with Gasteiger partial charge in [0.15, 0.2) is 0 Å². The third-order valence-electron chi connectivity index (χ3n) is 3.80. The van der Waals surface area contributed by atoms with Crippen LogP contribution in [0.5, 0.6) is 5.88 Å². The van der Waals surface area contributed by atoms with Crippen molar-refractivity contribution in [1.29, 1.82) is 0 Å². The molecule has 1 aliphatic heterocycles. The second-order valence-electron chi connectivity index (χ2n) is 5.50. The van der Waals surface area contributed by atoms with E-state index in [9.17, 15) is 4.79 Å². The van der Waals surface area contributed by atoms with E-state index in [1.165, 1.54) is 5.56 Å². The minimum absolute atomic E-state index is 0.0217. The van der Waals surface area contributed by atoms with E-state index in [2.05, 4.69) is 27.6 Å². The molecule has 0 bridgehead atoms. The second kappa shape index (κ2) is 7.58. The van der Waals surface area contributed by atoms with E-state index in [-0.39, 0.29) is 12.1 Å². The van der Waals surface area contributed by atoms with Crippen LogP contribution in [0, 0.1) is 0 Å². The molecule has 0 aliphatic carbocycles. The lowest BCUT2D eigenvalue weighted by molar-refractivity contribution is 0.182. The second-order valence-corrected chi connectivity index (χ2v) is 5.50. The summed E-state index contributed by atoms with van der Waals surface area (Å²) >= 11 is 0. The van der Waals surface area contributed by atoms with Gasteiger partial charge in [-0.2, -0.15) is 5.10 Å². The highest BCUT2D eigenvalue weighted by molar-refractivity contribution is 5.74. The SMILES string of the molecule is O=C(NCCc1ccccc1)N1CCC(Oc2cccnn2)C1. The molecule has 6 nitrogen and oxygen atoms in total. The average molecular weight is 312 g/mol. The number of ether oxygens (including phenoxy) is 1. The number of hydrogen-bond donors (Lipinski definition) is 1. The van der Waals surface area contributed by atoms with Crippen molar-refractivity contribution in [3.05, 3.63) is 54.2 Å². The molecule has 1 saturated heterocycles. The molecule has 2 amide bonds. The smallest absolute Gasteiger partial charge is 0.317 e. The Hall–Kier alpha value is -2.63. The van der Waals surface area contributed by atoms with E-state index in [1.807, 2.05) is 18.2 Å². The molecule has 1 unspecified atom stereocenters. The van der Waals surface area contributed by atoms with Crippen molar-refractivity contribution in [2.24, 2.45) is 0 Å². The van der Waals surface area contributed by atoms with Gasteiger partial charge in [-0.3, -0.25) is 0 Å². The van der Waals surface area contributed by atoms with Gasteiger partial charge in [0.2, 0.25) is 5.88 Å². The Balaban J connectivity index is 1.41. The highest BCUT2D eigenvalue weighted by Crippen LogP contribution is 2.15. The number of carbonyl (C=O) groups excluding carboxylic acids is 1. The lowest BCUT2D eigenvalue weighted by atomic mass is 10.1. The largest absolute Gasteiger partial charge is 0.471 e. The Labute approximate surface area is 135 Å². The zero-order chi connectivity index (χ0) is 15.9. The van der Waals surface area contributed by atoms with Crippen LogP contribution >= 0.6 is 0 Å². The number of urea groups is 1. The third kappa shape index (κ3) is 4.42. The highest BCUT2D eigenvalue weighted by atomic mass is 16.5. The van der Waals surface area contributed by atoms with Crippen molar-refractivity contribution in [2.45, 2.75) is 18.9 Å². The summed E-state index contributed by atoms with van der Waals surface area (Å²) < 4.78 is 5.73. The van der Waals surface area contributed by atoms with Gasteiger partial charge in [0.05, 0.1) is 6.54 Å². The quantitative estimate of drug-likeness (QED) is 0.915. The van der Waals surface area contributed by atoms with E-state index in [0.29, 0.717) is 25.5 Å². The molecule has 1 fully saturated rings. The summed E-state index contributed by atoms with van der Waals surface area (Å²) in [7, 11) is 0. The average Bonchev–Trinajstić information content (AvgIpc) is 3.05. The predicted octanol–water partition coefficient (Wildman–Crippen LogP) is 1.88. The van der Waals surface area contributed by atoms with E-state index in [0.717, 1.165) is 12.8 Å². The summed E-state index contributed by atoms with van der Waals surface area (Å²) in [6, 6.07) is 13.6. The number of aromatic nitrogens is 2. The number of carbonyl (C=O) groups is 1. The molecule has 2 heterocycles. The zero-order valence-corrected chi connectivity index (χ0v) is 12.9. The predicted molar refractivity (Wildman–Crippen MR) is 86.2 cm³/mol. The molecule has 0 radical (unpaired) electrons. The van der Waals surface area contributed by atoms with Gasteiger partial charge in [-0.1, -0.05) is 30.3 Å². The maximum Gasteiger partial charge on any atom is 0.317 e. The van der Waals surface area contributed by atoms with Crippen LogP contribution in [0.1, 0.15) is 12.0 Å². The number of nitrogens with zero attached hydrogens (tertiary/aromatic N) is 3. The van der Waals surface area contributed by atoms with Crippen LogP contribution < -0.4 is 10.1 Å². The normalized spacial score (nSPS) is 17.0. The molecule has 1 aromatic heterocycles. The first-order valence-corrected chi connectivity index (χ1v) is 7.82. The molecule has 1 atom stereocenters. The first-order valence-electron chi connectivity index (χ1n) is 7.82. The van der Waals surface area contributed by atoms with Crippen LogP contribution in [0.4, 0.5) is 4.79 Å². The minimum Gasteiger partial charge on any atom is -0.471 e. The Kier molecular flexibility index (Phi) is 5.03. The van der Waals surface area contributed by atoms with Gasteiger partial charge in [-0.15, -0.1) is 5.10 Å². The monoisotopic (exact) mass is 312 g/mol. The Bertz CT molecular complexity index is 621. The van der Waals surface area contributed by atoms with Crippen LogP contribution in [0.25, 0.3) is 0 Å². The molecule has 0 saturated carbocycles. The molecule has 1 aliphatic rings. The lowest BCUT2D eigenvalue weighted by Crippen LogP contribution is -2.40. The van der Waals surface area contributed by atoms with E-state index in [1.54, 1.807) is 23.2 Å². The lowest BCUT2D eigenvalue weighted by Gasteiger charge is -2.17. The molecule has 0 spiro atoms.